The van der Waals surface area contributed by atoms with Crippen LogP contribution in [0, 0.1) is 6.92 Å². The number of H-pyrrole nitrogens is 1. The molecule has 1 unspecified atom stereocenters. The smallest absolute Gasteiger partial charge is 0.208 e. The molecule has 14 heavy (non-hydrogen) atoms. The van der Waals surface area contributed by atoms with E-state index < -0.39 is 0 Å². The van der Waals surface area contributed by atoms with Crippen molar-refractivity contribution >= 4 is 11.8 Å². The lowest BCUT2D eigenvalue weighted by Gasteiger charge is -2.21. The molecule has 78 valence electrons. The highest BCUT2D eigenvalue weighted by Crippen LogP contribution is 2.20. The van der Waals surface area contributed by atoms with Crippen molar-refractivity contribution in [2.75, 3.05) is 12.4 Å². The summed E-state index contributed by atoms with van der Waals surface area (Å²) >= 11 is 1.67. The summed E-state index contributed by atoms with van der Waals surface area (Å²) in [7, 11) is 0. The fourth-order valence-corrected chi connectivity index (χ4v) is 2.40. The van der Waals surface area contributed by atoms with E-state index in [2.05, 4.69) is 15.2 Å². The van der Waals surface area contributed by atoms with Crippen LogP contribution in [0.15, 0.2) is 5.16 Å². The highest BCUT2D eigenvalue weighted by molar-refractivity contribution is 7.99. The second-order valence-electron chi connectivity index (χ2n) is 3.50. The molecule has 0 aromatic carbocycles. The largest absolute Gasteiger partial charge is 0.377 e. The van der Waals surface area contributed by atoms with Crippen LogP contribution >= 0.6 is 11.8 Å². The van der Waals surface area contributed by atoms with E-state index in [9.17, 15) is 0 Å². The Morgan fingerprint density at radius 2 is 2.50 bits per heavy atom. The predicted molar refractivity (Wildman–Crippen MR) is 55.4 cm³/mol. The molecule has 1 aromatic rings. The Morgan fingerprint density at radius 3 is 3.14 bits per heavy atom. The van der Waals surface area contributed by atoms with Crippen molar-refractivity contribution in [3.05, 3.63) is 5.82 Å². The minimum atomic E-state index is 0.396. The van der Waals surface area contributed by atoms with Gasteiger partial charge in [0.1, 0.15) is 5.82 Å². The lowest BCUT2D eigenvalue weighted by molar-refractivity contribution is 0.0315. The van der Waals surface area contributed by atoms with Gasteiger partial charge in [-0.05, 0) is 26.2 Å². The minimum absolute atomic E-state index is 0.396. The molecule has 2 rings (SSSR count). The number of aromatic amines is 1. The van der Waals surface area contributed by atoms with Crippen LogP contribution in [0.4, 0.5) is 0 Å². The monoisotopic (exact) mass is 213 g/mol. The molecule has 1 aliphatic rings. The van der Waals surface area contributed by atoms with Crippen LogP contribution in [0.1, 0.15) is 25.1 Å². The molecule has 0 saturated carbocycles. The molecule has 2 heterocycles. The van der Waals surface area contributed by atoms with E-state index in [1.165, 1.54) is 19.3 Å². The van der Waals surface area contributed by atoms with Crippen molar-refractivity contribution in [3.8, 4) is 0 Å². The van der Waals surface area contributed by atoms with Crippen LogP contribution in [0.2, 0.25) is 0 Å². The first kappa shape index (κ1) is 9.98. The Hall–Kier alpha value is -0.550. The second-order valence-corrected chi connectivity index (χ2v) is 4.49. The molecule has 5 heteroatoms. The molecule has 1 aromatic heterocycles. The molecule has 0 spiro atoms. The van der Waals surface area contributed by atoms with E-state index in [1.54, 1.807) is 11.8 Å². The Kier molecular flexibility index (Phi) is 3.42. The molecule has 1 N–H and O–H groups in total. The number of hydrogen-bond donors (Lipinski definition) is 1. The van der Waals surface area contributed by atoms with Gasteiger partial charge in [0.2, 0.25) is 5.16 Å². The zero-order valence-corrected chi connectivity index (χ0v) is 9.14. The number of aryl methyl sites for hydroxylation is 1. The van der Waals surface area contributed by atoms with Crippen LogP contribution in [0.25, 0.3) is 0 Å². The van der Waals surface area contributed by atoms with Gasteiger partial charge in [0, 0.05) is 12.4 Å². The van der Waals surface area contributed by atoms with Crippen LogP contribution in [0.5, 0.6) is 0 Å². The van der Waals surface area contributed by atoms with Gasteiger partial charge in [0.05, 0.1) is 6.10 Å². The average Bonchev–Trinajstić information content (AvgIpc) is 2.63. The fraction of sp³-hybridized carbons (Fsp3) is 0.778. The number of aromatic nitrogens is 3. The Morgan fingerprint density at radius 1 is 1.57 bits per heavy atom. The SMILES string of the molecule is Cc1nc(SCC2CCCCO2)n[nH]1. The van der Waals surface area contributed by atoms with Gasteiger partial charge in [-0.15, -0.1) is 5.10 Å². The molecule has 1 aliphatic heterocycles. The van der Waals surface area contributed by atoms with E-state index in [4.69, 9.17) is 4.74 Å². The van der Waals surface area contributed by atoms with E-state index in [1.807, 2.05) is 6.92 Å². The number of rotatable bonds is 3. The van der Waals surface area contributed by atoms with Gasteiger partial charge in [-0.1, -0.05) is 11.8 Å². The third kappa shape index (κ3) is 2.72. The highest BCUT2D eigenvalue weighted by Gasteiger charge is 2.14. The van der Waals surface area contributed by atoms with Crippen molar-refractivity contribution in [1.82, 2.24) is 15.2 Å². The Labute approximate surface area is 87.8 Å². The molecule has 0 aliphatic carbocycles. The van der Waals surface area contributed by atoms with Crippen LogP contribution in [-0.2, 0) is 4.74 Å². The third-order valence-electron chi connectivity index (χ3n) is 2.25. The summed E-state index contributed by atoms with van der Waals surface area (Å²) in [6, 6.07) is 0. The first-order valence-electron chi connectivity index (χ1n) is 4.98. The quantitative estimate of drug-likeness (QED) is 0.777. The van der Waals surface area contributed by atoms with E-state index in [0.29, 0.717) is 6.10 Å². The lowest BCUT2D eigenvalue weighted by Crippen LogP contribution is -2.21. The molecular formula is C9H15N3OS. The van der Waals surface area contributed by atoms with E-state index in [-0.39, 0.29) is 0 Å². The molecule has 0 amide bonds. The predicted octanol–water partition coefficient (Wildman–Crippen LogP) is 1.77. The highest BCUT2D eigenvalue weighted by atomic mass is 32.2. The lowest BCUT2D eigenvalue weighted by atomic mass is 10.1. The molecule has 0 bridgehead atoms. The topological polar surface area (TPSA) is 50.8 Å². The maximum atomic E-state index is 5.62. The number of hydrogen-bond acceptors (Lipinski definition) is 4. The summed E-state index contributed by atoms with van der Waals surface area (Å²) in [5, 5.41) is 7.74. The Bertz CT molecular complexity index is 283. The maximum Gasteiger partial charge on any atom is 0.208 e. The van der Waals surface area contributed by atoms with Crippen molar-refractivity contribution < 1.29 is 4.74 Å². The summed E-state index contributed by atoms with van der Waals surface area (Å²) in [4.78, 5) is 4.24. The Balaban J connectivity index is 1.76. The number of ether oxygens (including phenoxy) is 1. The molecular weight excluding hydrogens is 198 g/mol. The fourth-order valence-electron chi connectivity index (χ4n) is 1.49. The summed E-state index contributed by atoms with van der Waals surface area (Å²) in [6.07, 6.45) is 4.07. The zero-order valence-electron chi connectivity index (χ0n) is 8.32. The first-order chi connectivity index (χ1) is 6.84. The number of thioether (sulfide) groups is 1. The average molecular weight is 213 g/mol. The summed E-state index contributed by atoms with van der Waals surface area (Å²) < 4.78 is 5.62. The zero-order chi connectivity index (χ0) is 9.80. The summed E-state index contributed by atoms with van der Waals surface area (Å²) in [5.74, 6) is 1.84. The van der Waals surface area contributed by atoms with Gasteiger partial charge in [-0.25, -0.2) is 4.98 Å². The van der Waals surface area contributed by atoms with Gasteiger partial charge in [0.15, 0.2) is 0 Å². The van der Waals surface area contributed by atoms with Gasteiger partial charge in [0.25, 0.3) is 0 Å². The van der Waals surface area contributed by atoms with Gasteiger partial charge >= 0.3 is 0 Å². The van der Waals surface area contributed by atoms with Gasteiger partial charge < -0.3 is 4.74 Å². The number of nitrogens with one attached hydrogen (secondary N) is 1. The van der Waals surface area contributed by atoms with E-state index in [0.717, 1.165) is 23.3 Å². The van der Waals surface area contributed by atoms with Crippen LogP contribution < -0.4 is 0 Å². The van der Waals surface area contributed by atoms with Gasteiger partial charge in [-0.3, -0.25) is 5.10 Å². The first-order valence-corrected chi connectivity index (χ1v) is 5.96. The minimum Gasteiger partial charge on any atom is -0.377 e. The molecule has 1 saturated heterocycles. The second kappa shape index (κ2) is 4.79. The summed E-state index contributed by atoms with van der Waals surface area (Å²) in [5.41, 5.74) is 0. The summed E-state index contributed by atoms with van der Waals surface area (Å²) in [6.45, 7) is 2.83. The standard InChI is InChI=1S/C9H15N3OS/c1-7-10-9(12-11-7)14-6-8-4-2-3-5-13-8/h8H,2-6H2,1H3,(H,10,11,12). The molecule has 0 radical (unpaired) electrons. The number of nitrogens with zero attached hydrogens (tertiary/aromatic N) is 2. The van der Waals surface area contributed by atoms with Crippen molar-refractivity contribution in [2.45, 2.75) is 37.4 Å². The van der Waals surface area contributed by atoms with Crippen molar-refractivity contribution in [3.63, 3.8) is 0 Å². The maximum absolute atomic E-state index is 5.62. The van der Waals surface area contributed by atoms with Crippen molar-refractivity contribution in [2.24, 2.45) is 0 Å². The van der Waals surface area contributed by atoms with Crippen LogP contribution in [0.3, 0.4) is 0 Å². The van der Waals surface area contributed by atoms with Crippen molar-refractivity contribution in [1.29, 1.82) is 0 Å². The van der Waals surface area contributed by atoms with Gasteiger partial charge in [-0.2, -0.15) is 0 Å². The molecule has 4 nitrogen and oxygen atoms in total. The third-order valence-corrected chi connectivity index (χ3v) is 3.23. The van der Waals surface area contributed by atoms with E-state index >= 15 is 0 Å². The normalized spacial score (nSPS) is 22.5. The molecule has 1 fully saturated rings. The van der Waals surface area contributed by atoms with Crippen LogP contribution in [-0.4, -0.2) is 33.6 Å². The molecule has 1 atom stereocenters.